The number of unbranched alkanes of at least 4 members (excludes halogenated alkanes) is 9. The van der Waals surface area contributed by atoms with Crippen LogP contribution in [0.5, 0.6) is 0 Å². The lowest BCUT2D eigenvalue weighted by Gasteiger charge is -2.11. The van der Waals surface area contributed by atoms with E-state index in [1.807, 2.05) is 0 Å². The summed E-state index contributed by atoms with van der Waals surface area (Å²) in [6, 6.07) is 8.61. The van der Waals surface area contributed by atoms with Crippen LogP contribution in [0.2, 0.25) is 0 Å². The molecule has 0 unspecified atom stereocenters. The Balaban J connectivity index is 1.73. The highest BCUT2D eigenvalue weighted by Gasteiger charge is 2.11. The molecule has 0 atom stereocenters. The van der Waals surface area contributed by atoms with E-state index < -0.39 is 0 Å². The van der Waals surface area contributed by atoms with Crippen molar-refractivity contribution in [1.82, 2.24) is 9.55 Å². The zero-order valence-corrected chi connectivity index (χ0v) is 16.8. The van der Waals surface area contributed by atoms with Gasteiger partial charge in [0.25, 0.3) is 0 Å². The second-order valence-electron chi connectivity index (χ2n) is 7.95. The number of nitrogens with zero attached hydrogens (tertiary/aromatic N) is 2. The monoisotopic (exact) mass is 342 g/mol. The number of imidazole rings is 1. The number of aromatic nitrogens is 2. The molecule has 0 radical (unpaired) electrons. The maximum Gasteiger partial charge on any atom is 0.110 e. The number of aryl methyl sites for hydroxylation is 1. The Bertz CT molecular complexity index is 597. The van der Waals surface area contributed by atoms with E-state index in [0.29, 0.717) is 5.92 Å². The Morgan fingerprint density at radius 2 is 1.44 bits per heavy atom. The van der Waals surface area contributed by atoms with Crippen molar-refractivity contribution in [2.75, 3.05) is 0 Å². The Morgan fingerprint density at radius 3 is 2.08 bits per heavy atom. The first-order valence-corrected chi connectivity index (χ1v) is 10.7. The predicted octanol–water partition coefficient (Wildman–Crippen LogP) is 7.16. The molecule has 1 aromatic carbocycles. The van der Waals surface area contributed by atoms with Crippen molar-refractivity contribution in [1.29, 1.82) is 0 Å². The van der Waals surface area contributed by atoms with Crippen LogP contribution in [-0.2, 0) is 13.0 Å². The summed E-state index contributed by atoms with van der Waals surface area (Å²) in [5.41, 5.74) is 2.47. The number of fused-ring (bicyclic) bond motifs is 1. The normalized spacial score (nSPS) is 11.7. The first-order valence-electron chi connectivity index (χ1n) is 10.7. The van der Waals surface area contributed by atoms with Gasteiger partial charge in [0, 0.05) is 13.0 Å². The zero-order valence-electron chi connectivity index (χ0n) is 16.8. The molecule has 0 aliphatic rings. The summed E-state index contributed by atoms with van der Waals surface area (Å²) in [6.45, 7) is 7.98. The molecule has 2 rings (SSSR count). The molecule has 2 aromatic rings. The van der Waals surface area contributed by atoms with Crippen molar-refractivity contribution in [3.05, 3.63) is 30.1 Å². The van der Waals surface area contributed by atoms with Crippen molar-refractivity contribution >= 4 is 11.0 Å². The number of hydrogen-bond donors (Lipinski definition) is 0. The molecule has 2 nitrogen and oxygen atoms in total. The summed E-state index contributed by atoms with van der Waals surface area (Å²) in [4.78, 5) is 4.88. The van der Waals surface area contributed by atoms with Gasteiger partial charge in [0.15, 0.2) is 0 Å². The molecule has 1 aromatic heterocycles. The molecule has 0 spiro atoms. The van der Waals surface area contributed by atoms with Gasteiger partial charge in [-0.05, 0) is 24.5 Å². The third-order valence-corrected chi connectivity index (χ3v) is 5.06. The van der Waals surface area contributed by atoms with Gasteiger partial charge in [0.2, 0.25) is 0 Å². The molecule has 0 aliphatic carbocycles. The molecule has 140 valence electrons. The fourth-order valence-electron chi connectivity index (χ4n) is 3.65. The molecule has 0 saturated carbocycles. The van der Waals surface area contributed by atoms with Gasteiger partial charge < -0.3 is 4.57 Å². The van der Waals surface area contributed by atoms with Gasteiger partial charge >= 0.3 is 0 Å². The van der Waals surface area contributed by atoms with Crippen molar-refractivity contribution in [2.24, 2.45) is 5.92 Å². The summed E-state index contributed by atoms with van der Waals surface area (Å²) >= 11 is 0. The summed E-state index contributed by atoms with van der Waals surface area (Å²) in [6.07, 6.45) is 15.0. The lowest BCUT2D eigenvalue weighted by molar-refractivity contribution is 0.522. The van der Waals surface area contributed by atoms with Crippen LogP contribution in [0, 0.1) is 5.92 Å². The summed E-state index contributed by atoms with van der Waals surface area (Å²) < 4.78 is 2.47. The van der Waals surface area contributed by atoms with Crippen LogP contribution >= 0.6 is 0 Å². The Labute approximate surface area is 155 Å². The highest BCUT2D eigenvalue weighted by Crippen LogP contribution is 2.20. The first kappa shape index (κ1) is 20.0. The van der Waals surface area contributed by atoms with Gasteiger partial charge in [-0.3, -0.25) is 0 Å². The van der Waals surface area contributed by atoms with Crippen molar-refractivity contribution in [2.45, 2.75) is 97.9 Å². The van der Waals surface area contributed by atoms with Gasteiger partial charge in [-0.25, -0.2) is 4.98 Å². The zero-order chi connectivity index (χ0) is 17.9. The highest BCUT2D eigenvalue weighted by atomic mass is 15.1. The molecular formula is C23H38N2. The van der Waals surface area contributed by atoms with E-state index in [2.05, 4.69) is 49.6 Å². The van der Waals surface area contributed by atoms with Gasteiger partial charge in [-0.15, -0.1) is 0 Å². The topological polar surface area (TPSA) is 17.8 Å². The third-order valence-electron chi connectivity index (χ3n) is 5.06. The summed E-state index contributed by atoms with van der Waals surface area (Å²) in [5, 5.41) is 0. The minimum absolute atomic E-state index is 0.656. The molecule has 2 heteroatoms. The third kappa shape index (κ3) is 6.84. The molecule has 0 bridgehead atoms. The maximum absolute atomic E-state index is 4.88. The van der Waals surface area contributed by atoms with E-state index in [1.165, 1.54) is 75.5 Å². The fraction of sp³-hybridized carbons (Fsp3) is 0.696. The number of hydrogen-bond acceptors (Lipinski definition) is 1. The lowest BCUT2D eigenvalue weighted by atomic mass is 10.1. The van der Waals surface area contributed by atoms with Gasteiger partial charge in [-0.1, -0.05) is 90.7 Å². The molecule has 0 N–H and O–H groups in total. The average Bonchev–Trinajstić information content (AvgIpc) is 2.93. The highest BCUT2D eigenvalue weighted by molar-refractivity contribution is 5.75. The smallest absolute Gasteiger partial charge is 0.110 e. The van der Waals surface area contributed by atoms with Gasteiger partial charge in [-0.2, -0.15) is 0 Å². The quantitative estimate of drug-likeness (QED) is 0.353. The molecular weight excluding hydrogens is 304 g/mol. The first-order chi connectivity index (χ1) is 12.2. The Hall–Kier alpha value is -1.31. The second kappa shape index (κ2) is 11.3. The number of benzene rings is 1. The number of rotatable bonds is 13. The number of para-hydroxylation sites is 2. The summed E-state index contributed by atoms with van der Waals surface area (Å²) in [5.74, 6) is 1.93. The van der Waals surface area contributed by atoms with E-state index in [0.717, 1.165) is 18.5 Å². The molecule has 1 heterocycles. The van der Waals surface area contributed by atoms with Crippen LogP contribution in [0.4, 0.5) is 0 Å². The predicted molar refractivity (Wildman–Crippen MR) is 110 cm³/mol. The van der Waals surface area contributed by atoms with Crippen molar-refractivity contribution in [3.63, 3.8) is 0 Å². The standard InChI is InChI=1S/C23H38N2/c1-4-5-6-7-8-9-10-11-12-15-18-25-22-17-14-13-16-21(22)24-23(25)19-20(2)3/h13-14,16-17,20H,4-12,15,18-19H2,1-3H3. The maximum atomic E-state index is 4.88. The minimum Gasteiger partial charge on any atom is -0.328 e. The Kier molecular flexibility index (Phi) is 9.07. The average molecular weight is 343 g/mol. The van der Waals surface area contributed by atoms with Crippen LogP contribution in [0.1, 0.15) is 90.8 Å². The van der Waals surface area contributed by atoms with Gasteiger partial charge in [0.1, 0.15) is 5.82 Å². The minimum atomic E-state index is 0.656. The SMILES string of the molecule is CCCCCCCCCCCCn1c(CC(C)C)nc2ccccc21. The molecule has 0 amide bonds. The lowest BCUT2D eigenvalue weighted by Crippen LogP contribution is -2.07. The van der Waals surface area contributed by atoms with E-state index in [-0.39, 0.29) is 0 Å². The largest absolute Gasteiger partial charge is 0.328 e. The van der Waals surface area contributed by atoms with Crippen LogP contribution in [-0.4, -0.2) is 9.55 Å². The van der Waals surface area contributed by atoms with Crippen LogP contribution < -0.4 is 0 Å². The van der Waals surface area contributed by atoms with E-state index in [9.17, 15) is 0 Å². The van der Waals surface area contributed by atoms with E-state index in [1.54, 1.807) is 0 Å². The van der Waals surface area contributed by atoms with Crippen molar-refractivity contribution in [3.8, 4) is 0 Å². The van der Waals surface area contributed by atoms with E-state index >= 15 is 0 Å². The Morgan fingerprint density at radius 1 is 0.840 bits per heavy atom. The fourth-order valence-corrected chi connectivity index (χ4v) is 3.65. The molecule has 0 aliphatic heterocycles. The summed E-state index contributed by atoms with van der Waals surface area (Å²) in [7, 11) is 0. The van der Waals surface area contributed by atoms with E-state index in [4.69, 9.17) is 4.98 Å². The second-order valence-corrected chi connectivity index (χ2v) is 7.95. The van der Waals surface area contributed by atoms with Gasteiger partial charge in [0.05, 0.1) is 11.0 Å². The van der Waals surface area contributed by atoms with Crippen LogP contribution in [0.15, 0.2) is 24.3 Å². The van der Waals surface area contributed by atoms with Crippen LogP contribution in [0.25, 0.3) is 11.0 Å². The molecule has 0 fully saturated rings. The van der Waals surface area contributed by atoms with Crippen molar-refractivity contribution < 1.29 is 0 Å². The van der Waals surface area contributed by atoms with Crippen LogP contribution in [0.3, 0.4) is 0 Å². The molecule has 25 heavy (non-hydrogen) atoms. The molecule has 0 saturated heterocycles.